The largest absolute Gasteiger partial charge is 0.493 e. The van der Waals surface area contributed by atoms with Crippen molar-refractivity contribution in [3.63, 3.8) is 0 Å². The molecule has 3 heteroatoms. The number of nitrogens with zero attached hydrogens (tertiary/aromatic N) is 1. The van der Waals surface area contributed by atoms with E-state index in [0.717, 1.165) is 30.9 Å². The van der Waals surface area contributed by atoms with Crippen LogP contribution in [-0.4, -0.2) is 17.4 Å². The van der Waals surface area contributed by atoms with E-state index in [2.05, 4.69) is 11.1 Å². The van der Waals surface area contributed by atoms with Crippen LogP contribution < -0.4 is 4.74 Å². The van der Waals surface area contributed by atoms with Gasteiger partial charge < -0.3 is 4.74 Å². The van der Waals surface area contributed by atoms with Crippen molar-refractivity contribution in [2.24, 2.45) is 0 Å². The van der Waals surface area contributed by atoms with Gasteiger partial charge in [-0.3, -0.25) is 9.78 Å². The van der Waals surface area contributed by atoms with Crippen molar-refractivity contribution < 1.29 is 9.53 Å². The molecule has 0 aliphatic carbocycles. The normalized spacial score (nSPS) is 12.8. The van der Waals surface area contributed by atoms with Gasteiger partial charge in [0.05, 0.1) is 6.61 Å². The lowest BCUT2D eigenvalue weighted by Gasteiger charge is -2.04. The van der Waals surface area contributed by atoms with E-state index in [1.165, 1.54) is 11.1 Å². The lowest BCUT2D eigenvalue weighted by Crippen LogP contribution is -2.04. The average Bonchev–Trinajstić information content (AvgIpc) is 2.92. The molecule has 20 heavy (non-hydrogen) atoms. The predicted octanol–water partition coefficient (Wildman–Crippen LogP) is 3.14. The van der Waals surface area contributed by atoms with Crippen LogP contribution in [0.25, 0.3) is 0 Å². The Labute approximate surface area is 118 Å². The number of aryl methyl sites for hydroxylation is 2. The van der Waals surface area contributed by atoms with E-state index >= 15 is 0 Å². The van der Waals surface area contributed by atoms with Crippen molar-refractivity contribution in [3.05, 3.63) is 58.9 Å². The van der Waals surface area contributed by atoms with E-state index in [1.54, 1.807) is 6.07 Å². The van der Waals surface area contributed by atoms with Gasteiger partial charge in [0, 0.05) is 18.5 Å². The molecular weight excluding hydrogens is 250 g/mol. The van der Waals surface area contributed by atoms with Gasteiger partial charge >= 0.3 is 0 Å². The second-order valence-electron chi connectivity index (χ2n) is 5.13. The Morgan fingerprint density at radius 1 is 1.30 bits per heavy atom. The maximum absolute atomic E-state index is 12.1. The number of carbonyl (C=O) groups excluding carboxylic acids is 1. The van der Waals surface area contributed by atoms with Gasteiger partial charge in [0.2, 0.25) is 0 Å². The summed E-state index contributed by atoms with van der Waals surface area (Å²) >= 11 is 0. The molecule has 1 aliphatic rings. The number of fused-ring (bicyclic) bond motifs is 1. The summed E-state index contributed by atoms with van der Waals surface area (Å²) in [6.45, 7) is 2.67. The molecule has 1 aromatic heterocycles. The summed E-state index contributed by atoms with van der Waals surface area (Å²) in [7, 11) is 0. The SMILES string of the molecule is Cc1cccc(C(=O)CCc2ccc3c(c2)CCO3)n1. The molecule has 0 unspecified atom stereocenters. The third-order valence-corrected chi connectivity index (χ3v) is 3.57. The summed E-state index contributed by atoms with van der Waals surface area (Å²) in [5.41, 5.74) is 3.89. The van der Waals surface area contributed by atoms with Crippen LogP contribution >= 0.6 is 0 Å². The third-order valence-electron chi connectivity index (χ3n) is 3.57. The van der Waals surface area contributed by atoms with Crippen LogP contribution in [0.15, 0.2) is 36.4 Å². The maximum atomic E-state index is 12.1. The smallest absolute Gasteiger partial charge is 0.181 e. The minimum absolute atomic E-state index is 0.102. The van der Waals surface area contributed by atoms with E-state index < -0.39 is 0 Å². The highest BCUT2D eigenvalue weighted by Crippen LogP contribution is 2.26. The lowest BCUT2D eigenvalue weighted by molar-refractivity contribution is 0.0978. The van der Waals surface area contributed by atoms with Crippen molar-refractivity contribution >= 4 is 5.78 Å². The molecule has 0 radical (unpaired) electrons. The van der Waals surface area contributed by atoms with E-state index in [0.29, 0.717) is 12.1 Å². The van der Waals surface area contributed by atoms with Gasteiger partial charge in [-0.2, -0.15) is 0 Å². The standard InChI is InChI=1S/C17H17NO2/c1-12-3-2-4-15(18-12)16(19)7-5-13-6-8-17-14(11-13)9-10-20-17/h2-4,6,8,11H,5,7,9-10H2,1H3. The molecule has 0 amide bonds. The van der Waals surface area contributed by atoms with Crippen LogP contribution in [-0.2, 0) is 12.8 Å². The Hall–Kier alpha value is -2.16. The number of carbonyl (C=O) groups is 1. The number of benzene rings is 1. The Morgan fingerprint density at radius 2 is 2.20 bits per heavy atom. The van der Waals surface area contributed by atoms with Gasteiger partial charge in [0.1, 0.15) is 11.4 Å². The molecule has 0 bridgehead atoms. The number of Topliss-reactive ketones (excluding diaryl/α,β-unsaturated/α-hetero) is 1. The van der Waals surface area contributed by atoms with Crippen molar-refractivity contribution in [3.8, 4) is 5.75 Å². The predicted molar refractivity (Wildman–Crippen MR) is 77.3 cm³/mol. The van der Waals surface area contributed by atoms with Gasteiger partial charge in [0.25, 0.3) is 0 Å². The zero-order chi connectivity index (χ0) is 13.9. The lowest BCUT2D eigenvalue weighted by atomic mass is 10.0. The molecule has 0 saturated heterocycles. The van der Waals surface area contributed by atoms with Crippen molar-refractivity contribution in [1.29, 1.82) is 0 Å². The molecule has 1 aromatic carbocycles. The first-order valence-electron chi connectivity index (χ1n) is 6.94. The number of ether oxygens (including phenoxy) is 1. The fourth-order valence-electron chi connectivity index (χ4n) is 2.48. The number of pyridine rings is 1. The molecular formula is C17H17NO2. The fourth-order valence-corrected chi connectivity index (χ4v) is 2.48. The van der Waals surface area contributed by atoms with E-state index in [1.807, 2.05) is 31.2 Å². The summed E-state index contributed by atoms with van der Waals surface area (Å²) < 4.78 is 5.48. The number of hydrogen-bond acceptors (Lipinski definition) is 3. The van der Waals surface area contributed by atoms with Gasteiger partial charge in [-0.15, -0.1) is 0 Å². The summed E-state index contributed by atoms with van der Waals surface area (Å²) in [5, 5.41) is 0. The van der Waals surface area contributed by atoms with E-state index in [-0.39, 0.29) is 5.78 Å². The molecule has 3 nitrogen and oxygen atoms in total. The number of ketones is 1. The van der Waals surface area contributed by atoms with Crippen LogP contribution in [0.1, 0.15) is 33.7 Å². The Bertz CT molecular complexity index is 649. The minimum Gasteiger partial charge on any atom is -0.493 e. The summed E-state index contributed by atoms with van der Waals surface area (Å²) in [6.07, 6.45) is 2.22. The van der Waals surface area contributed by atoms with E-state index in [4.69, 9.17) is 4.74 Å². The molecule has 0 saturated carbocycles. The third kappa shape index (κ3) is 2.72. The molecule has 0 spiro atoms. The second-order valence-corrected chi connectivity index (χ2v) is 5.13. The minimum atomic E-state index is 0.102. The molecule has 102 valence electrons. The Balaban J connectivity index is 1.66. The molecule has 1 aliphatic heterocycles. The second kappa shape index (κ2) is 5.45. The van der Waals surface area contributed by atoms with Crippen molar-refractivity contribution in [2.75, 3.05) is 6.61 Å². The fraction of sp³-hybridized carbons (Fsp3) is 0.294. The van der Waals surface area contributed by atoms with Gasteiger partial charge in [-0.1, -0.05) is 18.2 Å². The highest BCUT2D eigenvalue weighted by molar-refractivity contribution is 5.94. The van der Waals surface area contributed by atoms with Gasteiger partial charge in [0.15, 0.2) is 5.78 Å². The Kier molecular flexibility index (Phi) is 3.50. The molecule has 0 N–H and O–H groups in total. The molecule has 2 heterocycles. The molecule has 3 rings (SSSR count). The molecule has 2 aromatic rings. The van der Waals surface area contributed by atoms with Crippen molar-refractivity contribution in [2.45, 2.75) is 26.2 Å². The first-order chi connectivity index (χ1) is 9.72. The van der Waals surface area contributed by atoms with Crippen LogP contribution in [0.4, 0.5) is 0 Å². The van der Waals surface area contributed by atoms with Crippen LogP contribution in [0.2, 0.25) is 0 Å². The summed E-state index contributed by atoms with van der Waals surface area (Å²) in [6, 6.07) is 11.8. The van der Waals surface area contributed by atoms with Gasteiger partial charge in [-0.05, 0) is 42.7 Å². The maximum Gasteiger partial charge on any atom is 0.181 e. The zero-order valence-corrected chi connectivity index (χ0v) is 11.6. The summed E-state index contributed by atoms with van der Waals surface area (Å²) in [5.74, 6) is 1.09. The van der Waals surface area contributed by atoms with Crippen LogP contribution in [0, 0.1) is 6.92 Å². The molecule has 0 fully saturated rings. The number of aromatic nitrogens is 1. The number of hydrogen-bond donors (Lipinski definition) is 0. The Morgan fingerprint density at radius 3 is 3.05 bits per heavy atom. The van der Waals surface area contributed by atoms with E-state index in [9.17, 15) is 4.79 Å². The average molecular weight is 267 g/mol. The van der Waals surface area contributed by atoms with Gasteiger partial charge in [-0.25, -0.2) is 0 Å². The topological polar surface area (TPSA) is 39.2 Å². The quantitative estimate of drug-likeness (QED) is 0.799. The summed E-state index contributed by atoms with van der Waals surface area (Å²) in [4.78, 5) is 16.4. The zero-order valence-electron chi connectivity index (χ0n) is 11.6. The molecule has 0 atom stereocenters. The first-order valence-corrected chi connectivity index (χ1v) is 6.94. The first kappa shape index (κ1) is 12.9. The van der Waals surface area contributed by atoms with Crippen LogP contribution in [0.3, 0.4) is 0 Å². The van der Waals surface area contributed by atoms with Crippen LogP contribution in [0.5, 0.6) is 5.75 Å². The monoisotopic (exact) mass is 267 g/mol. The highest BCUT2D eigenvalue weighted by atomic mass is 16.5. The highest BCUT2D eigenvalue weighted by Gasteiger charge is 2.13. The van der Waals surface area contributed by atoms with Crippen molar-refractivity contribution in [1.82, 2.24) is 4.98 Å². The number of rotatable bonds is 4.